The Bertz CT molecular complexity index is 1420. The lowest BCUT2D eigenvalue weighted by Crippen LogP contribution is -2.51. The summed E-state index contributed by atoms with van der Waals surface area (Å²) in [6.07, 6.45) is 12.8. The molecular weight excluding hydrogens is 505 g/mol. The Balaban J connectivity index is 1.14. The summed E-state index contributed by atoms with van der Waals surface area (Å²) in [6, 6.07) is 8.09. The molecule has 2 heterocycles. The van der Waals surface area contributed by atoms with Crippen molar-refractivity contribution in [2.24, 2.45) is 12.5 Å². The summed E-state index contributed by atoms with van der Waals surface area (Å²) < 4.78 is 21.2. The minimum absolute atomic E-state index is 0.00684. The molecule has 0 atom stereocenters. The zero-order valence-electron chi connectivity index (χ0n) is 23.4. The van der Waals surface area contributed by atoms with Gasteiger partial charge < -0.3 is 14.0 Å². The first-order valence-corrected chi connectivity index (χ1v) is 14.9. The lowest BCUT2D eigenvalue weighted by atomic mass is 9.53. The topological polar surface area (TPSA) is 77.0 Å². The second kappa shape index (κ2) is 9.67. The molecule has 8 rings (SSSR count). The number of benzene rings is 1. The number of fused-ring (bicyclic) bond motifs is 3. The van der Waals surface area contributed by atoms with Crippen LogP contribution in [-0.2, 0) is 17.3 Å². The van der Waals surface area contributed by atoms with E-state index in [9.17, 15) is 9.18 Å². The van der Waals surface area contributed by atoms with Gasteiger partial charge in [-0.05, 0) is 81.8 Å². The van der Waals surface area contributed by atoms with Gasteiger partial charge in [-0.3, -0.25) is 9.18 Å². The van der Waals surface area contributed by atoms with Crippen LogP contribution in [0.4, 0.5) is 10.1 Å². The molecule has 5 aliphatic carbocycles. The van der Waals surface area contributed by atoms with Gasteiger partial charge in [0.25, 0.3) is 5.91 Å². The Morgan fingerprint density at radius 2 is 1.82 bits per heavy atom. The zero-order valence-corrected chi connectivity index (χ0v) is 23.4. The molecule has 0 aliphatic heterocycles. The summed E-state index contributed by atoms with van der Waals surface area (Å²) in [5, 5.41) is 4.30. The van der Waals surface area contributed by atoms with Gasteiger partial charge in [-0.15, -0.1) is 0 Å². The van der Waals surface area contributed by atoms with Crippen LogP contribution in [0.5, 0.6) is 0 Å². The number of alkyl halides is 1. The van der Waals surface area contributed by atoms with E-state index in [0.29, 0.717) is 24.0 Å². The van der Waals surface area contributed by atoms with E-state index < -0.39 is 6.67 Å². The summed E-state index contributed by atoms with van der Waals surface area (Å²) >= 11 is 0. The Morgan fingerprint density at radius 1 is 1.10 bits per heavy atom. The van der Waals surface area contributed by atoms with E-state index in [1.54, 1.807) is 0 Å². The van der Waals surface area contributed by atoms with Crippen molar-refractivity contribution in [3.8, 4) is 11.3 Å². The molecule has 0 radical (unpaired) electrons. The second-order valence-corrected chi connectivity index (χ2v) is 12.9. The number of carbonyl (C=O) groups is 1. The maximum Gasteiger partial charge on any atom is 0.253 e. The van der Waals surface area contributed by atoms with E-state index >= 15 is 0 Å². The molecular formula is C32H38FN5O2. The monoisotopic (exact) mass is 543 g/mol. The van der Waals surface area contributed by atoms with Gasteiger partial charge in [0.15, 0.2) is 5.82 Å². The van der Waals surface area contributed by atoms with E-state index in [0.717, 1.165) is 85.9 Å². The van der Waals surface area contributed by atoms with Crippen LogP contribution < -0.4 is 4.90 Å². The number of nitrogens with zero attached hydrogens (tertiary/aromatic N) is 5. The van der Waals surface area contributed by atoms with E-state index in [1.165, 1.54) is 12.8 Å². The van der Waals surface area contributed by atoms with Gasteiger partial charge in [0.2, 0.25) is 5.89 Å². The van der Waals surface area contributed by atoms with Crippen molar-refractivity contribution in [3.05, 3.63) is 60.2 Å². The van der Waals surface area contributed by atoms with Crippen molar-refractivity contribution in [2.45, 2.75) is 87.9 Å². The number of amides is 1. The quantitative estimate of drug-likeness (QED) is 0.264. The highest BCUT2D eigenvalue weighted by molar-refractivity contribution is 6.05. The lowest BCUT2D eigenvalue weighted by Gasteiger charge is -2.53. The fraction of sp³-hybridized carbons (Fsp3) is 0.562. The highest BCUT2D eigenvalue weighted by atomic mass is 19.1. The molecule has 0 N–H and O–H groups in total. The zero-order chi connectivity index (χ0) is 27.5. The number of carbonyl (C=O) groups excluding carboxylic acids is 1. The molecule has 7 nitrogen and oxygen atoms in total. The molecule has 5 aliphatic rings. The molecule has 8 heteroatoms. The molecule has 210 valence electrons. The van der Waals surface area contributed by atoms with E-state index in [2.05, 4.69) is 41.7 Å². The van der Waals surface area contributed by atoms with Gasteiger partial charge in [0.1, 0.15) is 5.82 Å². The largest absolute Gasteiger partial charge is 0.339 e. The van der Waals surface area contributed by atoms with Crippen molar-refractivity contribution in [1.82, 2.24) is 19.7 Å². The highest BCUT2D eigenvalue weighted by Crippen LogP contribution is 2.58. The molecule has 5 fully saturated rings. The first-order valence-electron chi connectivity index (χ1n) is 14.9. The third-order valence-electron chi connectivity index (χ3n) is 9.99. The molecule has 2 bridgehead atoms. The molecule has 0 unspecified atom stereocenters. The van der Waals surface area contributed by atoms with Gasteiger partial charge in [0.05, 0.1) is 12.4 Å². The molecule has 2 aromatic heterocycles. The van der Waals surface area contributed by atoms with Crippen LogP contribution in [0.25, 0.3) is 11.3 Å². The molecule has 0 spiro atoms. The van der Waals surface area contributed by atoms with Crippen LogP contribution in [-0.4, -0.2) is 38.8 Å². The molecule has 5 saturated carbocycles. The second-order valence-electron chi connectivity index (χ2n) is 12.9. The molecule has 40 heavy (non-hydrogen) atoms. The Labute approximate surface area is 234 Å². The van der Waals surface area contributed by atoms with Crippen LogP contribution in [0.15, 0.2) is 47.1 Å². The number of imidazole rings is 1. The molecule has 3 aromatic rings. The average molecular weight is 544 g/mol. The summed E-state index contributed by atoms with van der Waals surface area (Å²) in [4.78, 5) is 25.4. The summed E-state index contributed by atoms with van der Waals surface area (Å²) in [7, 11) is 2.05. The Kier molecular flexibility index (Phi) is 6.20. The number of halogens is 1. The minimum Gasteiger partial charge on any atom is -0.339 e. The van der Waals surface area contributed by atoms with Gasteiger partial charge in [-0.2, -0.15) is 4.98 Å². The van der Waals surface area contributed by atoms with Crippen LogP contribution in [0.2, 0.25) is 0 Å². The van der Waals surface area contributed by atoms with Crippen molar-refractivity contribution in [2.75, 3.05) is 18.1 Å². The fourth-order valence-electron chi connectivity index (χ4n) is 6.98. The number of aromatic nitrogens is 4. The van der Waals surface area contributed by atoms with Crippen molar-refractivity contribution in [3.63, 3.8) is 0 Å². The predicted octanol–water partition coefficient (Wildman–Crippen LogP) is 6.77. The lowest BCUT2D eigenvalue weighted by molar-refractivity contribution is -0.116. The van der Waals surface area contributed by atoms with Crippen LogP contribution in [0.3, 0.4) is 0 Å². The summed E-state index contributed by atoms with van der Waals surface area (Å²) in [5.74, 6) is 3.69. The first kappa shape index (κ1) is 25.7. The van der Waals surface area contributed by atoms with Gasteiger partial charge in [-0.25, -0.2) is 4.98 Å². The van der Waals surface area contributed by atoms with E-state index in [1.807, 2.05) is 17.0 Å². The SMILES string of the molecule is C=C(CCF)C(=O)N(CC12CCC(c3nc(C4CC4)no3)(CC1)CC2)c1cccc(-c2cn(C)c(C3CC3)n2)c1. The van der Waals surface area contributed by atoms with Crippen molar-refractivity contribution in [1.29, 1.82) is 0 Å². The maximum absolute atomic E-state index is 13.7. The first-order chi connectivity index (χ1) is 19.4. The third kappa shape index (κ3) is 4.59. The fourth-order valence-corrected chi connectivity index (χ4v) is 6.98. The number of rotatable bonds is 10. The standard InChI is InChI=1S/C32H38FN5O2/c1-21(10-17-33)29(39)38(25-5-3-4-24(18-25)26-19-37(2)28(34-26)23-8-9-23)20-31-11-14-32(15-12-31,16-13-31)30-35-27(36-40-30)22-6-7-22/h3-5,18-19,22-23H,1,6-17,20H2,2H3. The number of anilines is 1. The van der Waals surface area contributed by atoms with Crippen LogP contribution in [0.1, 0.15) is 100 Å². The molecule has 0 saturated heterocycles. The number of hydrogen-bond donors (Lipinski definition) is 0. The van der Waals surface area contributed by atoms with Gasteiger partial charge >= 0.3 is 0 Å². The van der Waals surface area contributed by atoms with Crippen LogP contribution in [0, 0.1) is 5.41 Å². The van der Waals surface area contributed by atoms with E-state index in [4.69, 9.17) is 14.5 Å². The Morgan fingerprint density at radius 3 is 2.50 bits per heavy atom. The van der Waals surface area contributed by atoms with Crippen molar-refractivity contribution >= 4 is 11.6 Å². The predicted molar refractivity (Wildman–Crippen MR) is 151 cm³/mol. The summed E-state index contributed by atoms with van der Waals surface area (Å²) in [5.41, 5.74) is 3.02. The highest BCUT2D eigenvalue weighted by Gasteiger charge is 2.53. The van der Waals surface area contributed by atoms with E-state index in [-0.39, 0.29) is 23.2 Å². The minimum atomic E-state index is -0.586. The Hall–Kier alpha value is -3.29. The normalized spacial score (nSPS) is 25.8. The van der Waals surface area contributed by atoms with Crippen molar-refractivity contribution < 1.29 is 13.7 Å². The van der Waals surface area contributed by atoms with Crippen LogP contribution >= 0.6 is 0 Å². The average Bonchev–Trinajstić information content (AvgIpc) is 3.92. The number of aryl methyl sites for hydroxylation is 1. The smallest absolute Gasteiger partial charge is 0.253 e. The molecule has 1 aromatic carbocycles. The van der Waals surface area contributed by atoms with Gasteiger partial charge in [0, 0.05) is 60.3 Å². The van der Waals surface area contributed by atoms with Gasteiger partial charge in [-0.1, -0.05) is 23.9 Å². The molecule has 1 amide bonds. The third-order valence-corrected chi connectivity index (χ3v) is 9.99. The maximum atomic E-state index is 13.7. The summed E-state index contributed by atoms with van der Waals surface area (Å²) in [6.45, 7) is 3.98. The number of hydrogen-bond acceptors (Lipinski definition) is 5.